The van der Waals surface area contributed by atoms with Gasteiger partial charge >= 0.3 is 6.03 Å². The second kappa shape index (κ2) is 7.78. The minimum absolute atomic E-state index is 0.0446. The van der Waals surface area contributed by atoms with Gasteiger partial charge in [0.2, 0.25) is 0 Å². The lowest BCUT2D eigenvalue weighted by Crippen LogP contribution is -2.41. The summed E-state index contributed by atoms with van der Waals surface area (Å²) in [6.07, 6.45) is 1.61. The van der Waals surface area contributed by atoms with E-state index < -0.39 is 0 Å². The highest BCUT2D eigenvalue weighted by atomic mass is 19.1. The number of nitrogens with one attached hydrogen (secondary N) is 2. The van der Waals surface area contributed by atoms with Crippen LogP contribution in [-0.2, 0) is 0 Å². The lowest BCUT2D eigenvalue weighted by Gasteiger charge is -2.23. The molecule has 1 heterocycles. The molecular weight excluding hydrogens is 297 g/mol. The van der Waals surface area contributed by atoms with Crippen LogP contribution < -0.4 is 10.6 Å². The number of hydrogen-bond acceptors (Lipinski definition) is 3. The molecule has 2 aromatic rings. The van der Waals surface area contributed by atoms with Crippen molar-refractivity contribution >= 4 is 6.03 Å². The Kier molecular flexibility index (Phi) is 5.76. The molecule has 1 aromatic carbocycles. The highest BCUT2D eigenvalue weighted by Crippen LogP contribution is 2.17. The molecule has 0 fully saturated rings. The van der Waals surface area contributed by atoms with E-state index in [2.05, 4.69) is 10.6 Å². The molecule has 0 spiro atoms. The quantitative estimate of drug-likeness (QED) is 0.860. The first-order valence-electron chi connectivity index (χ1n) is 7.47. The third kappa shape index (κ3) is 4.82. The molecule has 2 atom stereocenters. The molecule has 0 radical (unpaired) electrons. The molecule has 124 valence electrons. The maximum atomic E-state index is 12.9. The van der Waals surface area contributed by atoms with E-state index in [1.165, 1.54) is 12.1 Å². The van der Waals surface area contributed by atoms with Crippen LogP contribution in [0.15, 0.2) is 47.1 Å². The van der Waals surface area contributed by atoms with Crippen LogP contribution in [0.25, 0.3) is 0 Å². The Morgan fingerprint density at radius 3 is 2.52 bits per heavy atom. The smallest absolute Gasteiger partial charge is 0.315 e. The first-order chi connectivity index (χ1) is 11.0. The number of rotatable bonds is 6. The largest absolute Gasteiger partial charge is 0.468 e. The predicted octanol–water partition coefficient (Wildman–Crippen LogP) is 3.08. The molecule has 2 rings (SSSR count). The fraction of sp³-hybridized carbons (Fsp3) is 0.353. The molecule has 0 aliphatic rings. The average Bonchev–Trinajstić information content (AvgIpc) is 3.01. The van der Waals surface area contributed by atoms with Crippen molar-refractivity contribution in [2.45, 2.75) is 19.0 Å². The van der Waals surface area contributed by atoms with Gasteiger partial charge in [0, 0.05) is 6.54 Å². The summed E-state index contributed by atoms with van der Waals surface area (Å²) in [5.74, 6) is 0.500. The van der Waals surface area contributed by atoms with E-state index in [4.69, 9.17) is 4.42 Å². The van der Waals surface area contributed by atoms with Crippen LogP contribution in [-0.4, -0.2) is 31.6 Å². The van der Waals surface area contributed by atoms with Crippen molar-refractivity contribution in [1.29, 1.82) is 0 Å². The fourth-order valence-corrected chi connectivity index (χ4v) is 2.29. The second-order valence-electron chi connectivity index (χ2n) is 5.62. The number of furan rings is 1. The van der Waals surface area contributed by atoms with E-state index in [0.29, 0.717) is 6.54 Å². The second-order valence-corrected chi connectivity index (χ2v) is 5.62. The maximum absolute atomic E-state index is 12.9. The Labute approximate surface area is 135 Å². The molecule has 1 aromatic heterocycles. The van der Waals surface area contributed by atoms with Crippen molar-refractivity contribution in [3.63, 3.8) is 0 Å². The van der Waals surface area contributed by atoms with Crippen molar-refractivity contribution < 1.29 is 13.6 Å². The number of carbonyl (C=O) groups is 1. The normalized spacial score (nSPS) is 13.6. The van der Waals surface area contributed by atoms with Gasteiger partial charge in [0.15, 0.2) is 0 Å². The van der Waals surface area contributed by atoms with E-state index in [0.717, 1.165) is 11.3 Å². The molecule has 5 nitrogen and oxygen atoms in total. The minimum Gasteiger partial charge on any atom is -0.468 e. The summed E-state index contributed by atoms with van der Waals surface area (Å²) >= 11 is 0. The predicted molar refractivity (Wildman–Crippen MR) is 86.5 cm³/mol. The van der Waals surface area contributed by atoms with Gasteiger partial charge in [-0.15, -0.1) is 0 Å². The summed E-state index contributed by atoms with van der Waals surface area (Å²) in [4.78, 5) is 14.0. The number of benzene rings is 1. The summed E-state index contributed by atoms with van der Waals surface area (Å²) in [5, 5.41) is 5.67. The fourth-order valence-electron chi connectivity index (χ4n) is 2.29. The average molecular weight is 319 g/mol. The van der Waals surface area contributed by atoms with Crippen LogP contribution in [0, 0.1) is 5.82 Å². The number of hydrogen-bond donors (Lipinski definition) is 2. The monoisotopic (exact) mass is 319 g/mol. The van der Waals surface area contributed by atoms with Crippen molar-refractivity contribution in [1.82, 2.24) is 15.5 Å². The van der Waals surface area contributed by atoms with Gasteiger partial charge in [0.05, 0.1) is 18.3 Å². The van der Waals surface area contributed by atoms with Gasteiger partial charge in [-0.1, -0.05) is 12.1 Å². The van der Waals surface area contributed by atoms with Crippen molar-refractivity contribution in [2.75, 3.05) is 20.6 Å². The summed E-state index contributed by atoms with van der Waals surface area (Å²) in [5.41, 5.74) is 0.844. The van der Waals surface area contributed by atoms with Crippen LogP contribution in [0.5, 0.6) is 0 Å². The Bertz CT molecular complexity index is 611. The molecule has 6 heteroatoms. The summed E-state index contributed by atoms with van der Waals surface area (Å²) in [6.45, 7) is 2.27. The van der Waals surface area contributed by atoms with Crippen LogP contribution in [0.3, 0.4) is 0 Å². The van der Waals surface area contributed by atoms with E-state index in [1.54, 1.807) is 18.4 Å². The summed E-state index contributed by atoms with van der Waals surface area (Å²) < 4.78 is 18.3. The SMILES string of the molecule is CC(NC(=O)NCC(c1ccco1)N(C)C)c1ccc(F)cc1. The minimum atomic E-state index is -0.294. The van der Waals surface area contributed by atoms with Gasteiger partial charge in [-0.05, 0) is 50.8 Å². The molecule has 0 bridgehead atoms. The third-order valence-electron chi connectivity index (χ3n) is 3.67. The molecule has 0 saturated carbocycles. The van der Waals surface area contributed by atoms with Crippen LogP contribution in [0.2, 0.25) is 0 Å². The maximum Gasteiger partial charge on any atom is 0.315 e. The zero-order valence-electron chi connectivity index (χ0n) is 13.5. The number of likely N-dealkylation sites (N-methyl/N-ethyl adjacent to an activating group) is 1. The highest BCUT2D eigenvalue weighted by Gasteiger charge is 2.18. The Morgan fingerprint density at radius 2 is 1.96 bits per heavy atom. The van der Waals surface area contributed by atoms with Gasteiger partial charge in [-0.2, -0.15) is 0 Å². The zero-order chi connectivity index (χ0) is 16.8. The van der Waals surface area contributed by atoms with Crippen molar-refractivity contribution in [3.8, 4) is 0 Å². The van der Waals surface area contributed by atoms with Crippen molar-refractivity contribution in [3.05, 3.63) is 59.8 Å². The Morgan fingerprint density at radius 1 is 1.26 bits per heavy atom. The lowest BCUT2D eigenvalue weighted by atomic mass is 10.1. The lowest BCUT2D eigenvalue weighted by molar-refractivity contribution is 0.223. The molecule has 0 aliphatic heterocycles. The number of nitrogens with zero attached hydrogens (tertiary/aromatic N) is 1. The third-order valence-corrected chi connectivity index (χ3v) is 3.67. The molecule has 0 saturated heterocycles. The Hall–Kier alpha value is -2.34. The molecule has 2 unspecified atom stereocenters. The van der Waals surface area contributed by atoms with Gasteiger partial charge < -0.3 is 15.1 Å². The standard InChI is InChI=1S/C17H22FN3O2/c1-12(13-6-8-14(18)9-7-13)20-17(22)19-11-15(21(2)3)16-5-4-10-23-16/h4-10,12,15H,11H2,1-3H3,(H2,19,20,22). The van der Waals surface area contributed by atoms with E-state index in [1.807, 2.05) is 38.1 Å². The number of urea groups is 1. The van der Waals surface area contributed by atoms with Crippen LogP contribution >= 0.6 is 0 Å². The van der Waals surface area contributed by atoms with Gasteiger partial charge in [-0.3, -0.25) is 4.90 Å². The molecule has 2 N–H and O–H groups in total. The zero-order valence-corrected chi connectivity index (χ0v) is 13.5. The van der Waals surface area contributed by atoms with E-state index in [9.17, 15) is 9.18 Å². The van der Waals surface area contributed by atoms with Gasteiger partial charge in [0.1, 0.15) is 11.6 Å². The molecule has 23 heavy (non-hydrogen) atoms. The number of halogens is 1. The van der Waals surface area contributed by atoms with Crippen LogP contribution in [0.1, 0.15) is 30.3 Å². The molecule has 0 aliphatic carbocycles. The number of amides is 2. The van der Waals surface area contributed by atoms with E-state index in [-0.39, 0.29) is 23.9 Å². The first-order valence-corrected chi connectivity index (χ1v) is 7.47. The molecule has 2 amide bonds. The van der Waals surface area contributed by atoms with Crippen LogP contribution in [0.4, 0.5) is 9.18 Å². The van der Waals surface area contributed by atoms with Gasteiger partial charge in [0.25, 0.3) is 0 Å². The summed E-state index contributed by atoms with van der Waals surface area (Å²) in [6, 6.07) is 9.24. The first kappa shape index (κ1) is 17.0. The summed E-state index contributed by atoms with van der Waals surface area (Å²) in [7, 11) is 3.85. The number of carbonyl (C=O) groups excluding carboxylic acids is 1. The molecular formula is C17H22FN3O2. The van der Waals surface area contributed by atoms with Crippen molar-refractivity contribution in [2.24, 2.45) is 0 Å². The Balaban J connectivity index is 1.87. The highest BCUT2D eigenvalue weighted by molar-refractivity contribution is 5.74. The van der Waals surface area contributed by atoms with Gasteiger partial charge in [-0.25, -0.2) is 9.18 Å². The topological polar surface area (TPSA) is 57.5 Å². The van der Waals surface area contributed by atoms with E-state index >= 15 is 0 Å².